The zero-order chi connectivity index (χ0) is 9.84. The van der Waals surface area contributed by atoms with Crippen molar-refractivity contribution >= 4 is 0 Å². The molecule has 0 amide bonds. The first-order valence-electron chi connectivity index (χ1n) is 4.95. The third kappa shape index (κ3) is 2.24. The van der Waals surface area contributed by atoms with Gasteiger partial charge in [0.25, 0.3) is 0 Å². The summed E-state index contributed by atoms with van der Waals surface area (Å²) < 4.78 is 0. The van der Waals surface area contributed by atoms with E-state index in [2.05, 4.69) is 13.8 Å². The van der Waals surface area contributed by atoms with Gasteiger partial charge in [-0.15, -0.1) is 0 Å². The molecule has 1 unspecified atom stereocenters. The average Bonchev–Trinajstić information content (AvgIpc) is 2.10. The maximum absolute atomic E-state index is 9.79. The molecule has 0 aliphatic carbocycles. The highest BCUT2D eigenvalue weighted by Gasteiger charge is 2.10. The lowest BCUT2D eigenvalue weighted by Crippen LogP contribution is -1.94. The van der Waals surface area contributed by atoms with E-state index < -0.39 is 0 Å². The van der Waals surface area contributed by atoms with Crippen LogP contribution in [0.4, 0.5) is 0 Å². The van der Waals surface area contributed by atoms with Crippen LogP contribution in [0.1, 0.15) is 43.7 Å². The molecule has 0 heterocycles. The maximum atomic E-state index is 9.79. The van der Waals surface area contributed by atoms with E-state index in [0.29, 0.717) is 11.7 Å². The van der Waals surface area contributed by atoms with Gasteiger partial charge >= 0.3 is 0 Å². The van der Waals surface area contributed by atoms with Crippen molar-refractivity contribution in [2.24, 2.45) is 0 Å². The molecule has 0 radical (unpaired) electrons. The third-order valence-electron chi connectivity index (χ3n) is 2.52. The second-order valence-corrected chi connectivity index (χ2v) is 3.70. The molecule has 0 fully saturated rings. The standard InChI is InChI=1S/C12H18O/c1-4-6-9(2)11-8-5-7-10(3)12(11)13/h5,7-9,13H,4,6H2,1-3H3. The number of rotatable bonds is 3. The van der Waals surface area contributed by atoms with Crippen molar-refractivity contribution in [1.82, 2.24) is 0 Å². The molecule has 0 bridgehead atoms. The van der Waals surface area contributed by atoms with Gasteiger partial charge in [0.2, 0.25) is 0 Å². The van der Waals surface area contributed by atoms with Crippen molar-refractivity contribution in [3.8, 4) is 5.75 Å². The smallest absolute Gasteiger partial charge is 0.121 e. The summed E-state index contributed by atoms with van der Waals surface area (Å²) in [6, 6.07) is 5.97. The zero-order valence-corrected chi connectivity index (χ0v) is 8.67. The molecule has 1 nitrogen and oxygen atoms in total. The second kappa shape index (κ2) is 4.31. The van der Waals surface area contributed by atoms with Crippen LogP contribution >= 0.6 is 0 Å². The topological polar surface area (TPSA) is 20.2 Å². The van der Waals surface area contributed by atoms with E-state index in [4.69, 9.17) is 0 Å². The lowest BCUT2D eigenvalue weighted by Gasteiger charge is -2.13. The summed E-state index contributed by atoms with van der Waals surface area (Å²) in [4.78, 5) is 0. The van der Waals surface area contributed by atoms with Crippen molar-refractivity contribution < 1.29 is 5.11 Å². The molecule has 1 N–H and O–H groups in total. The lowest BCUT2D eigenvalue weighted by atomic mass is 9.94. The molecule has 72 valence electrons. The van der Waals surface area contributed by atoms with Crippen LogP contribution in [0.15, 0.2) is 18.2 Å². The fraction of sp³-hybridized carbons (Fsp3) is 0.500. The third-order valence-corrected chi connectivity index (χ3v) is 2.52. The largest absolute Gasteiger partial charge is 0.507 e. The Bertz CT molecular complexity index is 278. The minimum atomic E-state index is 0.463. The molecule has 1 aromatic rings. The fourth-order valence-corrected chi connectivity index (χ4v) is 1.67. The summed E-state index contributed by atoms with van der Waals surface area (Å²) in [5.41, 5.74) is 2.06. The van der Waals surface area contributed by atoms with Crippen molar-refractivity contribution in [2.75, 3.05) is 0 Å². The summed E-state index contributed by atoms with van der Waals surface area (Å²) in [6.45, 7) is 6.28. The molecule has 0 saturated heterocycles. The highest BCUT2D eigenvalue weighted by atomic mass is 16.3. The van der Waals surface area contributed by atoms with Crippen LogP contribution < -0.4 is 0 Å². The molecular formula is C12H18O. The van der Waals surface area contributed by atoms with Gasteiger partial charge in [0.05, 0.1) is 0 Å². The van der Waals surface area contributed by atoms with Crippen molar-refractivity contribution in [3.05, 3.63) is 29.3 Å². The first-order chi connectivity index (χ1) is 6.16. The molecule has 1 atom stereocenters. The molecule has 1 heteroatoms. The van der Waals surface area contributed by atoms with Gasteiger partial charge in [-0.1, -0.05) is 38.5 Å². The van der Waals surface area contributed by atoms with E-state index in [1.807, 2.05) is 25.1 Å². The normalized spacial score (nSPS) is 12.8. The predicted molar refractivity (Wildman–Crippen MR) is 56.2 cm³/mol. The highest BCUT2D eigenvalue weighted by molar-refractivity contribution is 5.41. The van der Waals surface area contributed by atoms with Crippen LogP contribution in [-0.2, 0) is 0 Å². The molecule has 1 aromatic carbocycles. The van der Waals surface area contributed by atoms with Gasteiger partial charge in [-0.05, 0) is 30.4 Å². The number of aryl methyl sites for hydroxylation is 1. The Morgan fingerprint density at radius 2 is 2.08 bits per heavy atom. The first-order valence-corrected chi connectivity index (χ1v) is 4.95. The van der Waals surface area contributed by atoms with Gasteiger partial charge in [0.15, 0.2) is 0 Å². The molecule has 0 saturated carbocycles. The Kier molecular flexibility index (Phi) is 3.35. The van der Waals surface area contributed by atoms with Gasteiger partial charge < -0.3 is 5.11 Å². The van der Waals surface area contributed by atoms with Crippen LogP contribution in [-0.4, -0.2) is 5.11 Å². The second-order valence-electron chi connectivity index (χ2n) is 3.70. The van der Waals surface area contributed by atoms with Crippen molar-refractivity contribution in [3.63, 3.8) is 0 Å². The van der Waals surface area contributed by atoms with E-state index in [9.17, 15) is 5.11 Å². The molecule has 0 spiro atoms. The van der Waals surface area contributed by atoms with E-state index >= 15 is 0 Å². The van der Waals surface area contributed by atoms with E-state index in [-0.39, 0.29) is 0 Å². The molecular weight excluding hydrogens is 160 g/mol. The van der Waals surface area contributed by atoms with Gasteiger partial charge in [0, 0.05) is 0 Å². The number of phenols is 1. The summed E-state index contributed by atoms with van der Waals surface area (Å²) >= 11 is 0. The number of hydrogen-bond donors (Lipinski definition) is 1. The van der Waals surface area contributed by atoms with Crippen molar-refractivity contribution in [2.45, 2.75) is 39.5 Å². The van der Waals surface area contributed by atoms with Crippen LogP contribution in [0.3, 0.4) is 0 Å². The quantitative estimate of drug-likeness (QED) is 0.749. The van der Waals surface area contributed by atoms with Gasteiger partial charge in [0.1, 0.15) is 5.75 Å². The van der Waals surface area contributed by atoms with Crippen LogP contribution in [0.25, 0.3) is 0 Å². The van der Waals surface area contributed by atoms with Gasteiger partial charge in [-0.3, -0.25) is 0 Å². The predicted octanol–water partition coefficient (Wildman–Crippen LogP) is 3.60. The summed E-state index contributed by atoms with van der Waals surface area (Å²) in [5.74, 6) is 0.938. The average molecular weight is 178 g/mol. The molecule has 1 rings (SSSR count). The van der Waals surface area contributed by atoms with Crippen molar-refractivity contribution in [1.29, 1.82) is 0 Å². The number of benzene rings is 1. The van der Waals surface area contributed by atoms with Gasteiger partial charge in [-0.25, -0.2) is 0 Å². The first kappa shape index (κ1) is 10.1. The number of para-hydroxylation sites is 1. The Morgan fingerprint density at radius 3 is 2.69 bits per heavy atom. The zero-order valence-electron chi connectivity index (χ0n) is 8.67. The fourth-order valence-electron chi connectivity index (χ4n) is 1.67. The molecule has 0 aliphatic rings. The summed E-state index contributed by atoms with van der Waals surface area (Å²) in [7, 11) is 0. The molecule has 0 aliphatic heterocycles. The van der Waals surface area contributed by atoms with E-state index in [0.717, 1.165) is 24.0 Å². The summed E-state index contributed by atoms with van der Waals surface area (Å²) in [5, 5.41) is 9.79. The van der Waals surface area contributed by atoms with Crippen LogP contribution in [0, 0.1) is 6.92 Å². The minimum absolute atomic E-state index is 0.463. The SMILES string of the molecule is CCCC(C)c1cccc(C)c1O. The van der Waals surface area contributed by atoms with Crippen LogP contribution in [0.2, 0.25) is 0 Å². The Labute approximate surface area is 80.4 Å². The lowest BCUT2D eigenvalue weighted by molar-refractivity contribution is 0.456. The number of hydrogen-bond acceptors (Lipinski definition) is 1. The molecule has 0 aromatic heterocycles. The highest BCUT2D eigenvalue weighted by Crippen LogP contribution is 2.30. The maximum Gasteiger partial charge on any atom is 0.121 e. The number of aromatic hydroxyl groups is 1. The Balaban J connectivity index is 2.93. The van der Waals surface area contributed by atoms with Crippen LogP contribution in [0.5, 0.6) is 5.75 Å². The monoisotopic (exact) mass is 178 g/mol. The summed E-state index contributed by atoms with van der Waals surface area (Å²) in [6.07, 6.45) is 2.30. The molecule has 13 heavy (non-hydrogen) atoms. The number of phenolic OH excluding ortho intramolecular Hbond substituents is 1. The Morgan fingerprint density at radius 1 is 1.38 bits per heavy atom. The van der Waals surface area contributed by atoms with E-state index in [1.165, 1.54) is 0 Å². The van der Waals surface area contributed by atoms with E-state index in [1.54, 1.807) is 0 Å². The minimum Gasteiger partial charge on any atom is -0.507 e. The van der Waals surface area contributed by atoms with Gasteiger partial charge in [-0.2, -0.15) is 0 Å². The Hall–Kier alpha value is -0.980.